The molecule has 0 bridgehead atoms. The standard InChI is InChI=1S/C16H21N3O2/c1-11(2)18-7-5-12(6-8-18)15-10-17-16-9-13(19(20)21)3-4-14(15)16/h3-4,9-12,17H,5-8H2,1-2H3. The Balaban J connectivity index is 1.84. The largest absolute Gasteiger partial charge is 0.361 e. The van der Waals surface area contributed by atoms with Crippen molar-refractivity contribution in [1.29, 1.82) is 0 Å². The Bertz CT molecular complexity index is 655. The van der Waals surface area contributed by atoms with Crippen LogP contribution in [0.1, 0.15) is 38.2 Å². The fraction of sp³-hybridized carbons (Fsp3) is 0.500. The minimum atomic E-state index is -0.346. The fourth-order valence-electron chi connectivity index (χ4n) is 3.31. The maximum atomic E-state index is 10.8. The van der Waals surface area contributed by atoms with Crippen molar-refractivity contribution >= 4 is 16.6 Å². The van der Waals surface area contributed by atoms with Crippen molar-refractivity contribution in [3.05, 3.63) is 40.1 Å². The SMILES string of the molecule is CC(C)N1CCC(c2c[nH]c3cc([N+](=O)[O-])ccc23)CC1. The van der Waals surface area contributed by atoms with E-state index in [4.69, 9.17) is 0 Å². The van der Waals surface area contributed by atoms with Crippen LogP contribution in [0.5, 0.6) is 0 Å². The van der Waals surface area contributed by atoms with Crippen molar-refractivity contribution in [2.24, 2.45) is 0 Å². The topological polar surface area (TPSA) is 62.2 Å². The summed E-state index contributed by atoms with van der Waals surface area (Å²) in [4.78, 5) is 16.2. The molecule has 2 heterocycles. The maximum absolute atomic E-state index is 10.8. The molecule has 5 heteroatoms. The number of nitrogens with zero attached hydrogens (tertiary/aromatic N) is 2. The van der Waals surface area contributed by atoms with Gasteiger partial charge in [0.1, 0.15) is 0 Å². The Morgan fingerprint density at radius 3 is 2.67 bits per heavy atom. The minimum Gasteiger partial charge on any atom is -0.361 e. The van der Waals surface area contributed by atoms with E-state index in [0.29, 0.717) is 12.0 Å². The molecule has 0 atom stereocenters. The molecule has 0 amide bonds. The second-order valence-electron chi connectivity index (χ2n) is 6.14. The molecule has 1 fully saturated rings. The first-order valence-corrected chi connectivity index (χ1v) is 7.55. The number of nitro groups is 1. The molecule has 1 saturated heterocycles. The van der Waals surface area contributed by atoms with E-state index in [2.05, 4.69) is 23.7 Å². The number of aromatic amines is 1. The summed E-state index contributed by atoms with van der Waals surface area (Å²) in [6.45, 7) is 6.74. The van der Waals surface area contributed by atoms with Crippen LogP contribution in [0.25, 0.3) is 10.9 Å². The van der Waals surface area contributed by atoms with Crippen LogP contribution < -0.4 is 0 Å². The van der Waals surface area contributed by atoms with Gasteiger partial charge < -0.3 is 9.88 Å². The number of fused-ring (bicyclic) bond motifs is 1. The minimum absolute atomic E-state index is 0.144. The van der Waals surface area contributed by atoms with Crippen LogP contribution in [0, 0.1) is 10.1 Å². The number of likely N-dealkylation sites (tertiary alicyclic amines) is 1. The quantitative estimate of drug-likeness (QED) is 0.692. The Kier molecular flexibility index (Phi) is 3.68. The van der Waals surface area contributed by atoms with Gasteiger partial charge in [-0.15, -0.1) is 0 Å². The number of piperidine rings is 1. The number of nitrogens with one attached hydrogen (secondary N) is 1. The summed E-state index contributed by atoms with van der Waals surface area (Å²) in [5, 5.41) is 12.0. The highest BCUT2D eigenvalue weighted by Gasteiger charge is 2.24. The lowest BCUT2D eigenvalue weighted by molar-refractivity contribution is -0.384. The van der Waals surface area contributed by atoms with Gasteiger partial charge in [-0.3, -0.25) is 10.1 Å². The van der Waals surface area contributed by atoms with Crippen LogP contribution in [0.2, 0.25) is 0 Å². The summed E-state index contributed by atoms with van der Waals surface area (Å²) in [6, 6.07) is 5.72. The Morgan fingerprint density at radius 1 is 1.33 bits per heavy atom. The van der Waals surface area contributed by atoms with Crippen LogP contribution >= 0.6 is 0 Å². The number of benzene rings is 1. The van der Waals surface area contributed by atoms with Gasteiger partial charge in [0, 0.05) is 29.8 Å². The van der Waals surface area contributed by atoms with Gasteiger partial charge in [-0.25, -0.2) is 0 Å². The molecule has 2 aromatic rings. The highest BCUT2D eigenvalue weighted by molar-refractivity contribution is 5.85. The van der Waals surface area contributed by atoms with Crippen LogP contribution in [0.4, 0.5) is 5.69 Å². The number of H-pyrrole nitrogens is 1. The van der Waals surface area contributed by atoms with E-state index in [1.807, 2.05) is 12.3 Å². The highest BCUT2D eigenvalue weighted by atomic mass is 16.6. The van der Waals surface area contributed by atoms with Gasteiger partial charge in [-0.1, -0.05) is 0 Å². The normalized spacial score (nSPS) is 17.7. The smallest absolute Gasteiger partial charge is 0.271 e. The van der Waals surface area contributed by atoms with Gasteiger partial charge in [0.15, 0.2) is 0 Å². The maximum Gasteiger partial charge on any atom is 0.271 e. The molecule has 5 nitrogen and oxygen atoms in total. The average Bonchev–Trinajstić information content (AvgIpc) is 2.90. The van der Waals surface area contributed by atoms with Crippen LogP contribution in [-0.4, -0.2) is 33.9 Å². The fourth-order valence-corrected chi connectivity index (χ4v) is 3.31. The summed E-state index contributed by atoms with van der Waals surface area (Å²) in [5.41, 5.74) is 2.32. The van der Waals surface area contributed by atoms with Gasteiger partial charge in [0.2, 0.25) is 0 Å². The van der Waals surface area contributed by atoms with E-state index in [1.54, 1.807) is 12.1 Å². The molecule has 1 aliphatic rings. The van der Waals surface area contributed by atoms with E-state index in [-0.39, 0.29) is 10.6 Å². The molecule has 0 aliphatic carbocycles. The van der Waals surface area contributed by atoms with Crippen LogP contribution in [-0.2, 0) is 0 Å². The van der Waals surface area contributed by atoms with Gasteiger partial charge >= 0.3 is 0 Å². The summed E-state index contributed by atoms with van der Waals surface area (Å²) in [6.07, 6.45) is 4.34. The van der Waals surface area contributed by atoms with Crippen molar-refractivity contribution in [1.82, 2.24) is 9.88 Å². The zero-order valence-electron chi connectivity index (χ0n) is 12.5. The zero-order chi connectivity index (χ0) is 15.0. The second-order valence-corrected chi connectivity index (χ2v) is 6.14. The first-order valence-electron chi connectivity index (χ1n) is 7.55. The highest BCUT2D eigenvalue weighted by Crippen LogP contribution is 2.34. The molecule has 1 N–H and O–H groups in total. The van der Waals surface area contributed by atoms with E-state index >= 15 is 0 Å². The Morgan fingerprint density at radius 2 is 2.05 bits per heavy atom. The monoisotopic (exact) mass is 287 g/mol. The number of nitro benzene ring substituents is 1. The van der Waals surface area contributed by atoms with Crippen LogP contribution in [0.3, 0.4) is 0 Å². The molecule has 0 unspecified atom stereocenters. The molecule has 0 radical (unpaired) electrons. The molecule has 21 heavy (non-hydrogen) atoms. The molecule has 112 valence electrons. The number of hydrogen-bond acceptors (Lipinski definition) is 3. The Hall–Kier alpha value is -1.88. The second kappa shape index (κ2) is 5.48. The molecule has 0 saturated carbocycles. The van der Waals surface area contributed by atoms with E-state index in [1.165, 1.54) is 5.56 Å². The number of rotatable bonds is 3. The summed E-state index contributed by atoms with van der Waals surface area (Å²) in [7, 11) is 0. The average molecular weight is 287 g/mol. The third-order valence-corrected chi connectivity index (χ3v) is 4.61. The number of aromatic nitrogens is 1. The van der Waals surface area contributed by atoms with Crippen LogP contribution in [0.15, 0.2) is 24.4 Å². The number of non-ortho nitro benzene ring substituents is 1. The van der Waals surface area contributed by atoms with Crippen molar-refractivity contribution in [3.63, 3.8) is 0 Å². The van der Waals surface area contributed by atoms with Gasteiger partial charge in [-0.2, -0.15) is 0 Å². The summed E-state index contributed by atoms with van der Waals surface area (Å²) in [5.74, 6) is 0.551. The lowest BCUT2D eigenvalue weighted by Gasteiger charge is -2.34. The predicted molar refractivity (Wildman–Crippen MR) is 83.6 cm³/mol. The Labute approximate surface area is 124 Å². The molecule has 1 aliphatic heterocycles. The summed E-state index contributed by atoms with van der Waals surface area (Å²) >= 11 is 0. The molecular formula is C16H21N3O2. The van der Waals surface area contributed by atoms with Crippen molar-refractivity contribution < 1.29 is 4.92 Å². The lowest BCUT2D eigenvalue weighted by Crippen LogP contribution is -2.37. The molecular weight excluding hydrogens is 266 g/mol. The van der Waals surface area contributed by atoms with Gasteiger partial charge in [-0.05, 0) is 57.3 Å². The third-order valence-electron chi connectivity index (χ3n) is 4.61. The van der Waals surface area contributed by atoms with Crippen molar-refractivity contribution in [2.45, 2.75) is 38.6 Å². The molecule has 1 aromatic carbocycles. The first-order chi connectivity index (χ1) is 10.1. The van der Waals surface area contributed by atoms with E-state index in [9.17, 15) is 10.1 Å². The number of hydrogen-bond donors (Lipinski definition) is 1. The van der Waals surface area contributed by atoms with Gasteiger partial charge in [0.25, 0.3) is 5.69 Å². The lowest BCUT2D eigenvalue weighted by atomic mass is 9.89. The zero-order valence-corrected chi connectivity index (χ0v) is 12.5. The third kappa shape index (κ3) is 2.65. The first kappa shape index (κ1) is 14.1. The van der Waals surface area contributed by atoms with Crippen molar-refractivity contribution in [2.75, 3.05) is 13.1 Å². The van der Waals surface area contributed by atoms with E-state index < -0.39 is 0 Å². The summed E-state index contributed by atoms with van der Waals surface area (Å²) < 4.78 is 0. The van der Waals surface area contributed by atoms with Crippen molar-refractivity contribution in [3.8, 4) is 0 Å². The van der Waals surface area contributed by atoms with E-state index in [0.717, 1.165) is 36.8 Å². The molecule has 1 aromatic heterocycles. The van der Waals surface area contributed by atoms with Gasteiger partial charge in [0.05, 0.1) is 10.4 Å². The predicted octanol–water partition coefficient (Wildman–Crippen LogP) is 3.66. The molecule has 0 spiro atoms. The molecule has 3 rings (SSSR count).